The summed E-state index contributed by atoms with van der Waals surface area (Å²) in [7, 11) is 0. The Labute approximate surface area is 125 Å². The van der Waals surface area contributed by atoms with E-state index in [1.807, 2.05) is 0 Å². The van der Waals surface area contributed by atoms with Crippen molar-refractivity contribution in [2.24, 2.45) is 0 Å². The first kappa shape index (κ1) is 18.0. The van der Waals surface area contributed by atoms with Crippen LogP contribution in [0.4, 0.5) is 13.2 Å². The summed E-state index contributed by atoms with van der Waals surface area (Å²) < 4.78 is 37.2. The smallest absolute Gasteiger partial charge is 0.364 e. The summed E-state index contributed by atoms with van der Waals surface area (Å²) in [5.74, 6) is 0. The lowest BCUT2D eigenvalue weighted by molar-refractivity contribution is -0.149. The molecule has 0 aliphatic carbocycles. The lowest BCUT2D eigenvalue weighted by atomic mass is 10.1. The van der Waals surface area contributed by atoms with Crippen LogP contribution >= 0.6 is 0 Å². The molecule has 0 aromatic carbocycles. The van der Waals surface area contributed by atoms with Crippen LogP contribution in [0.2, 0.25) is 0 Å². The van der Waals surface area contributed by atoms with Crippen LogP contribution in [-0.2, 0) is 0 Å². The van der Waals surface area contributed by atoms with Crippen LogP contribution in [0, 0.1) is 0 Å². The fourth-order valence-corrected chi connectivity index (χ4v) is 2.65. The van der Waals surface area contributed by atoms with Gasteiger partial charge >= 0.3 is 6.18 Å². The summed E-state index contributed by atoms with van der Waals surface area (Å²) >= 11 is 0. The molecule has 1 aliphatic rings. The summed E-state index contributed by atoms with van der Waals surface area (Å²) in [6.07, 6.45) is -1.51. The normalized spacial score (nSPS) is 20.9. The first-order valence-electron chi connectivity index (χ1n) is 7.38. The van der Waals surface area contributed by atoms with Crippen molar-refractivity contribution >= 4 is 0 Å². The molecule has 1 fully saturated rings. The molecule has 1 saturated heterocycles. The molecular weight excluding hydrogens is 279 g/mol. The fraction of sp³-hybridized carbons (Fsp3) is 0.733. The Kier molecular flexibility index (Phi) is 6.74. The van der Waals surface area contributed by atoms with Gasteiger partial charge in [-0.1, -0.05) is 19.1 Å². The minimum absolute atomic E-state index is 0.163. The predicted molar refractivity (Wildman–Crippen MR) is 79.9 cm³/mol. The molecule has 0 aromatic heterocycles. The van der Waals surface area contributed by atoms with Crippen LogP contribution in [0.5, 0.6) is 0 Å². The number of piperazine rings is 1. The Morgan fingerprint density at radius 3 is 2.29 bits per heavy atom. The predicted octanol–water partition coefficient (Wildman–Crippen LogP) is 2.97. The minimum atomic E-state index is -4.11. The van der Waals surface area contributed by atoms with Crippen molar-refractivity contribution in [1.29, 1.82) is 0 Å². The summed E-state index contributed by atoms with van der Waals surface area (Å²) in [4.78, 5) is 3.69. The monoisotopic (exact) mass is 305 g/mol. The second-order valence-electron chi connectivity index (χ2n) is 5.50. The Bertz CT molecular complexity index is 369. The quantitative estimate of drug-likeness (QED) is 0.814. The molecule has 1 unspecified atom stereocenters. The number of alkyl halides is 3. The summed E-state index contributed by atoms with van der Waals surface area (Å²) in [5.41, 5.74) is 2.36. The number of allylic oxidation sites excluding steroid dienone is 1. The number of nitrogens with one attached hydrogen (secondary N) is 1. The highest BCUT2D eigenvalue weighted by molar-refractivity contribution is 5.18. The summed E-state index contributed by atoms with van der Waals surface area (Å²) in [6.45, 7) is 11.4. The topological polar surface area (TPSA) is 18.5 Å². The maximum Gasteiger partial charge on any atom is 0.401 e. The standard InChI is InChI=1S/C15H26F3N3/c1-5-12(3)14(19-6-2)13(4)21-9-7-20(8-10-21)11-15(16,17)18/h6,13,19H,2,5,7-11H2,1,3-4H3/b14-12-. The van der Waals surface area contributed by atoms with Crippen molar-refractivity contribution in [2.45, 2.75) is 39.4 Å². The van der Waals surface area contributed by atoms with Crippen LogP contribution in [0.3, 0.4) is 0 Å². The first-order chi connectivity index (χ1) is 9.78. The second kappa shape index (κ2) is 7.84. The first-order valence-corrected chi connectivity index (χ1v) is 7.38. The third-order valence-electron chi connectivity index (χ3n) is 4.02. The average molecular weight is 305 g/mol. The molecule has 0 radical (unpaired) electrons. The largest absolute Gasteiger partial charge is 0.401 e. The molecule has 21 heavy (non-hydrogen) atoms. The van der Waals surface area contributed by atoms with Gasteiger partial charge in [-0.3, -0.25) is 9.80 Å². The average Bonchev–Trinajstić information content (AvgIpc) is 2.42. The number of rotatable bonds is 6. The van der Waals surface area contributed by atoms with E-state index < -0.39 is 12.7 Å². The Morgan fingerprint density at radius 2 is 1.86 bits per heavy atom. The van der Waals surface area contributed by atoms with Crippen molar-refractivity contribution < 1.29 is 13.2 Å². The zero-order valence-corrected chi connectivity index (χ0v) is 13.1. The van der Waals surface area contributed by atoms with Crippen LogP contribution in [0.1, 0.15) is 27.2 Å². The number of nitrogens with zero attached hydrogens (tertiary/aromatic N) is 2. The Balaban J connectivity index is 2.62. The molecule has 1 heterocycles. The van der Waals surface area contributed by atoms with Gasteiger partial charge in [0.2, 0.25) is 0 Å². The summed E-state index contributed by atoms with van der Waals surface area (Å²) in [5, 5.41) is 3.19. The van der Waals surface area contributed by atoms with Gasteiger partial charge in [0.1, 0.15) is 0 Å². The van der Waals surface area contributed by atoms with Gasteiger partial charge in [-0.05, 0) is 26.5 Å². The fourth-order valence-electron chi connectivity index (χ4n) is 2.65. The van der Waals surface area contributed by atoms with E-state index in [4.69, 9.17) is 0 Å². The highest BCUT2D eigenvalue weighted by Crippen LogP contribution is 2.20. The van der Waals surface area contributed by atoms with E-state index >= 15 is 0 Å². The maximum atomic E-state index is 12.4. The van der Waals surface area contributed by atoms with Crippen LogP contribution < -0.4 is 5.32 Å². The third-order valence-corrected chi connectivity index (χ3v) is 4.02. The van der Waals surface area contributed by atoms with Crippen molar-refractivity contribution in [3.63, 3.8) is 0 Å². The van der Waals surface area contributed by atoms with E-state index in [1.165, 1.54) is 10.5 Å². The van der Waals surface area contributed by atoms with Gasteiger partial charge in [-0.2, -0.15) is 13.2 Å². The van der Waals surface area contributed by atoms with Crippen molar-refractivity contribution in [3.05, 3.63) is 24.0 Å². The Hall–Kier alpha value is -1.01. The summed E-state index contributed by atoms with van der Waals surface area (Å²) in [6, 6.07) is 0.163. The van der Waals surface area contributed by atoms with E-state index in [1.54, 1.807) is 6.20 Å². The number of hydrogen-bond acceptors (Lipinski definition) is 3. The zero-order chi connectivity index (χ0) is 16.0. The molecule has 1 aliphatic heterocycles. The Morgan fingerprint density at radius 1 is 1.29 bits per heavy atom. The van der Waals surface area contributed by atoms with Gasteiger partial charge in [0, 0.05) is 37.9 Å². The highest BCUT2D eigenvalue weighted by atomic mass is 19.4. The SMILES string of the molecule is C=CN/C(=C(/C)CC)C(C)N1CCN(CC(F)(F)F)CC1. The third kappa shape index (κ3) is 5.71. The molecule has 0 amide bonds. The van der Waals surface area contributed by atoms with Crippen LogP contribution in [0.15, 0.2) is 24.0 Å². The van der Waals surface area contributed by atoms with Crippen molar-refractivity contribution in [1.82, 2.24) is 15.1 Å². The highest BCUT2D eigenvalue weighted by Gasteiger charge is 2.33. The second-order valence-corrected chi connectivity index (χ2v) is 5.50. The molecular formula is C15H26F3N3. The molecule has 3 nitrogen and oxygen atoms in total. The molecule has 1 N–H and O–H groups in total. The molecule has 0 aromatic rings. The molecule has 0 spiro atoms. The molecule has 0 bridgehead atoms. The van der Waals surface area contributed by atoms with E-state index in [-0.39, 0.29) is 6.04 Å². The minimum Gasteiger partial charge on any atom is -0.364 e. The van der Waals surface area contributed by atoms with Gasteiger partial charge in [-0.15, -0.1) is 0 Å². The van der Waals surface area contributed by atoms with Gasteiger partial charge in [0.05, 0.1) is 6.54 Å². The number of halogens is 3. The van der Waals surface area contributed by atoms with Crippen molar-refractivity contribution in [2.75, 3.05) is 32.7 Å². The maximum absolute atomic E-state index is 12.4. The number of hydrogen-bond donors (Lipinski definition) is 1. The van der Waals surface area contributed by atoms with Crippen molar-refractivity contribution in [3.8, 4) is 0 Å². The zero-order valence-electron chi connectivity index (χ0n) is 13.1. The van der Waals surface area contributed by atoms with Crippen LogP contribution in [0.25, 0.3) is 0 Å². The van der Waals surface area contributed by atoms with E-state index in [0.29, 0.717) is 26.2 Å². The van der Waals surface area contributed by atoms with Gasteiger partial charge in [0.25, 0.3) is 0 Å². The van der Waals surface area contributed by atoms with E-state index in [0.717, 1.165) is 12.1 Å². The van der Waals surface area contributed by atoms with Gasteiger partial charge < -0.3 is 5.32 Å². The molecule has 1 atom stereocenters. The van der Waals surface area contributed by atoms with E-state index in [9.17, 15) is 13.2 Å². The lowest BCUT2D eigenvalue weighted by Gasteiger charge is -2.39. The molecule has 1 rings (SSSR count). The van der Waals surface area contributed by atoms with Crippen LogP contribution in [-0.4, -0.2) is 54.7 Å². The lowest BCUT2D eigenvalue weighted by Crippen LogP contribution is -2.52. The molecule has 6 heteroatoms. The van der Waals surface area contributed by atoms with Gasteiger partial charge in [0.15, 0.2) is 0 Å². The van der Waals surface area contributed by atoms with E-state index in [2.05, 4.69) is 37.6 Å². The van der Waals surface area contributed by atoms with Gasteiger partial charge in [-0.25, -0.2) is 0 Å². The molecule has 0 saturated carbocycles. The molecule has 122 valence electrons.